The molecule has 1 aromatic carbocycles. The SMILES string of the molecule is Cc1cc(F)ccc1NC(=O)[C@@H]1CN(S(=O)(=O)C2CC2)CC12CCCCC2. The molecule has 1 N–H and O–H groups in total. The van der Waals surface area contributed by atoms with E-state index in [9.17, 15) is 17.6 Å². The highest BCUT2D eigenvalue weighted by atomic mass is 32.2. The highest BCUT2D eigenvalue weighted by Crippen LogP contribution is 2.50. The molecule has 1 aliphatic heterocycles. The monoisotopic (exact) mass is 394 g/mol. The van der Waals surface area contributed by atoms with Gasteiger partial charge in [0.1, 0.15) is 5.82 Å². The molecule has 148 valence electrons. The van der Waals surface area contributed by atoms with Gasteiger partial charge >= 0.3 is 0 Å². The number of anilines is 1. The van der Waals surface area contributed by atoms with Crippen LogP contribution < -0.4 is 5.32 Å². The van der Waals surface area contributed by atoms with Crippen LogP contribution in [0.15, 0.2) is 18.2 Å². The third-order valence-corrected chi connectivity index (χ3v) is 8.85. The number of hydrogen-bond acceptors (Lipinski definition) is 3. The number of amides is 1. The van der Waals surface area contributed by atoms with Crippen molar-refractivity contribution in [3.63, 3.8) is 0 Å². The van der Waals surface area contributed by atoms with Crippen molar-refractivity contribution in [3.05, 3.63) is 29.6 Å². The van der Waals surface area contributed by atoms with E-state index in [0.29, 0.717) is 17.8 Å². The Morgan fingerprint density at radius 1 is 1.22 bits per heavy atom. The summed E-state index contributed by atoms with van der Waals surface area (Å²) in [4.78, 5) is 13.2. The molecular formula is C20H27FN2O3S. The molecule has 5 nitrogen and oxygen atoms in total. The summed E-state index contributed by atoms with van der Waals surface area (Å²) in [6, 6.07) is 4.30. The summed E-state index contributed by atoms with van der Waals surface area (Å²) < 4.78 is 40.5. The molecule has 3 fully saturated rings. The van der Waals surface area contributed by atoms with Crippen LogP contribution in [0.4, 0.5) is 10.1 Å². The van der Waals surface area contributed by atoms with Gasteiger partial charge < -0.3 is 5.32 Å². The first kappa shape index (κ1) is 18.9. The average molecular weight is 395 g/mol. The fourth-order valence-corrected chi connectivity index (χ4v) is 6.75. The molecule has 3 aliphatic rings. The molecule has 1 saturated heterocycles. The predicted molar refractivity (Wildman–Crippen MR) is 102 cm³/mol. The quantitative estimate of drug-likeness (QED) is 0.851. The van der Waals surface area contributed by atoms with Gasteiger partial charge in [-0.25, -0.2) is 17.1 Å². The van der Waals surface area contributed by atoms with Gasteiger partial charge in [0.2, 0.25) is 15.9 Å². The van der Waals surface area contributed by atoms with E-state index in [4.69, 9.17) is 0 Å². The van der Waals surface area contributed by atoms with Crippen molar-refractivity contribution >= 4 is 21.6 Å². The maximum atomic E-state index is 13.3. The van der Waals surface area contributed by atoms with Crippen LogP contribution in [0.3, 0.4) is 0 Å². The van der Waals surface area contributed by atoms with Crippen LogP contribution in [0.2, 0.25) is 0 Å². The zero-order valence-electron chi connectivity index (χ0n) is 15.7. The number of carbonyl (C=O) groups excluding carboxylic acids is 1. The number of halogens is 1. The van der Waals surface area contributed by atoms with Crippen molar-refractivity contribution in [2.75, 3.05) is 18.4 Å². The third kappa shape index (κ3) is 3.51. The molecule has 7 heteroatoms. The summed E-state index contributed by atoms with van der Waals surface area (Å²) in [5, 5.41) is 2.69. The maximum absolute atomic E-state index is 13.3. The second kappa shape index (κ2) is 6.85. The van der Waals surface area contributed by atoms with Crippen molar-refractivity contribution in [2.45, 2.75) is 57.1 Å². The summed E-state index contributed by atoms with van der Waals surface area (Å²) in [5.74, 6) is -0.826. The van der Waals surface area contributed by atoms with Gasteiger partial charge in [-0.05, 0) is 61.8 Å². The van der Waals surface area contributed by atoms with Gasteiger partial charge in [-0.3, -0.25) is 4.79 Å². The van der Waals surface area contributed by atoms with E-state index in [-0.39, 0.29) is 34.9 Å². The molecule has 4 rings (SSSR count). The summed E-state index contributed by atoms with van der Waals surface area (Å²) >= 11 is 0. The van der Waals surface area contributed by atoms with E-state index >= 15 is 0 Å². The van der Waals surface area contributed by atoms with Gasteiger partial charge in [0, 0.05) is 18.8 Å². The largest absolute Gasteiger partial charge is 0.326 e. The lowest BCUT2D eigenvalue weighted by atomic mass is 9.67. The fourth-order valence-electron chi connectivity index (χ4n) is 4.80. The van der Waals surface area contributed by atoms with Crippen molar-refractivity contribution < 1.29 is 17.6 Å². The lowest BCUT2D eigenvalue weighted by Gasteiger charge is -2.37. The first-order valence-corrected chi connectivity index (χ1v) is 11.4. The fraction of sp³-hybridized carbons (Fsp3) is 0.650. The van der Waals surface area contributed by atoms with Crippen molar-refractivity contribution in [1.29, 1.82) is 0 Å². The zero-order chi connectivity index (χ0) is 19.2. The number of aryl methyl sites for hydroxylation is 1. The lowest BCUT2D eigenvalue weighted by Crippen LogP contribution is -2.39. The second-order valence-electron chi connectivity index (χ2n) is 8.46. The van der Waals surface area contributed by atoms with Crippen LogP contribution >= 0.6 is 0 Å². The highest BCUT2D eigenvalue weighted by molar-refractivity contribution is 7.90. The molecule has 0 aromatic heterocycles. The normalized spacial score (nSPS) is 25.6. The molecule has 0 radical (unpaired) electrons. The Labute approximate surface area is 160 Å². The van der Waals surface area contributed by atoms with Gasteiger partial charge in [0.15, 0.2) is 0 Å². The van der Waals surface area contributed by atoms with Crippen molar-refractivity contribution in [3.8, 4) is 0 Å². The number of rotatable bonds is 4. The van der Waals surface area contributed by atoms with Crippen LogP contribution in [0, 0.1) is 24.1 Å². The summed E-state index contributed by atoms with van der Waals surface area (Å²) in [6.45, 7) is 2.49. The molecule has 1 aromatic rings. The topological polar surface area (TPSA) is 66.5 Å². The molecule has 27 heavy (non-hydrogen) atoms. The lowest BCUT2D eigenvalue weighted by molar-refractivity contribution is -0.123. The van der Waals surface area contributed by atoms with Crippen LogP contribution in [0.1, 0.15) is 50.5 Å². The third-order valence-electron chi connectivity index (χ3n) is 6.53. The summed E-state index contributed by atoms with van der Waals surface area (Å²) in [5.41, 5.74) is 0.996. The molecule has 0 bridgehead atoms. The minimum Gasteiger partial charge on any atom is -0.326 e. The van der Waals surface area contributed by atoms with Crippen molar-refractivity contribution in [1.82, 2.24) is 4.31 Å². The Morgan fingerprint density at radius 2 is 1.93 bits per heavy atom. The minimum atomic E-state index is -3.29. The first-order chi connectivity index (χ1) is 12.8. The standard InChI is InChI=1S/C20H27FN2O3S/c1-14-11-15(21)5-8-18(14)22-19(24)17-12-23(27(25,26)16-6-7-16)13-20(17)9-3-2-4-10-20/h5,8,11,16-17H,2-4,6-7,9-10,12-13H2,1H3,(H,22,24)/t17-/m0/s1. The zero-order valence-corrected chi connectivity index (χ0v) is 16.5. The molecular weight excluding hydrogens is 367 g/mol. The minimum absolute atomic E-state index is 0.139. The predicted octanol–water partition coefficient (Wildman–Crippen LogP) is 3.45. The average Bonchev–Trinajstić information content (AvgIpc) is 3.42. The van der Waals surface area contributed by atoms with Gasteiger partial charge in [0.05, 0.1) is 11.2 Å². The Balaban J connectivity index is 1.59. The molecule has 2 aliphatic carbocycles. The van der Waals surface area contributed by atoms with E-state index in [2.05, 4.69) is 5.32 Å². The van der Waals surface area contributed by atoms with Gasteiger partial charge in [-0.15, -0.1) is 0 Å². The van der Waals surface area contributed by atoms with Crippen LogP contribution in [-0.2, 0) is 14.8 Å². The Hall–Kier alpha value is -1.47. The van der Waals surface area contributed by atoms with E-state index in [1.807, 2.05) is 0 Å². The number of hydrogen-bond donors (Lipinski definition) is 1. The number of benzene rings is 1. The summed E-state index contributed by atoms with van der Waals surface area (Å²) in [7, 11) is -3.29. The summed E-state index contributed by atoms with van der Waals surface area (Å²) in [6.07, 6.45) is 6.47. The smallest absolute Gasteiger partial charge is 0.229 e. The van der Waals surface area contributed by atoms with Crippen LogP contribution in [-0.4, -0.2) is 37.0 Å². The van der Waals surface area contributed by atoms with E-state index in [1.165, 1.54) is 12.1 Å². The molecule has 1 heterocycles. The Kier molecular flexibility index (Phi) is 4.79. The van der Waals surface area contributed by atoms with E-state index < -0.39 is 10.0 Å². The van der Waals surface area contributed by atoms with Gasteiger partial charge in [-0.2, -0.15) is 0 Å². The maximum Gasteiger partial charge on any atom is 0.229 e. The molecule has 0 unspecified atom stereocenters. The number of nitrogens with one attached hydrogen (secondary N) is 1. The van der Waals surface area contributed by atoms with Crippen molar-refractivity contribution in [2.24, 2.45) is 11.3 Å². The Bertz CT molecular complexity index is 845. The van der Waals surface area contributed by atoms with E-state index in [0.717, 1.165) is 44.9 Å². The number of sulfonamides is 1. The number of nitrogens with zero attached hydrogens (tertiary/aromatic N) is 1. The number of carbonyl (C=O) groups is 1. The van der Waals surface area contributed by atoms with Crippen LogP contribution in [0.25, 0.3) is 0 Å². The molecule has 2 saturated carbocycles. The molecule has 1 spiro atoms. The van der Waals surface area contributed by atoms with Gasteiger partial charge in [0.25, 0.3) is 0 Å². The van der Waals surface area contributed by atoms with Gasteiger partial charge in [-0.1, -0.05) is 19.3 Å². The molecule has 1 amide bonds. The van der Waals surface area contributed by atoms with E-state index in [1.54, 1.807) is 17.3 Å². The van der Waals surface area contributed by atoms with Crippen LogP contribution in [0.5, 0.6) is 0 Å². The highest BCUT2D eigenvalue weighted by Gasteiger charge is 2.55. The molecule has 1 atom stereocenters. The second-order valence-corrected chi connectivity index (χ2v) is 10.7. The Morgan fingerprint density at radius 3 is 2.56 bits per heavy atom. The first-order valence-electron chi connectivity index (χ1n) is 9.88.